The van der Waals surface area contributed by atoms with Gasteiger partial charge in [0.2, 0.25) is 0 Å². The van der Waals surface area contributed by atoms with Crippen molar-refractivity contribution in [3.05, 3.63) is 46.8 Å². The summed E-state index contributed by atoms with van der Waals surface area (Å²) < 4.78 is 0. The molecule has 2 aliphatic heterocycles. The van der Waals surface area contributed by atoms with Crippen molar-refractivity contribution in [1.82, 2.24) is 15.5 Å². The molecule has 0 bridgehead atoms. The number of nitrogens with one attached hydrogen (secondary N) is 2. The van der Waals surface area contributed by atoms with Gasteiger partial charge in [-0.25, -0.2) is 0 Å². The molecule has 5 heteroatoms. The van der Waals surface area contributed by atoms with Crippen LogP contribution in [-0.4, -0.2) is 29.2 Å². The number of aromatic amines is 1. The molecule has 2 aromatic rings. The number of carbonyl (C=O) groups excluding carboxylic acids is 1. The first-order valence-corrected chi connectivity index (χ1v) is 7.97. The topological polar surface area (TPSA) is 61.0 Å². The molecular weight excluding hydrogens is 276 g/mol. The van der Waals surface area contributed by atoms with E-state index < -0.39 is 0 Å². The Kier molecular flexibility index (Phi) is 2.37. The molecule has 22 heavy (non-hydrogen) atoms. The third kappa shape index (κ3) is 1.57. The minimum atomic E-state index is 0.0393. The van der Waals surface area contributed by atoms with Crippen molar-refractivity contribution < 1.29 is 4.79 Å². The second-order valence-electron chi connectivity index (χ2n) is 6.64. The smallest absolute Gasteiger partial charge is 0.279 e. The number of rotatable bonds is 1. The highest BCUT2D eigenvalue weighted by atomic mass is 16.2. The molecule has 0 atom stereocenters. The van der Waals surface area contributed by atoms with Crippen molar-refractivity contribution in [2.75, 3.05) is 18.0 Å². The molecule has 1 amide bonds. The van der Waals surface area contributed by atoms with Gasteiger partial charge in [-0.3, -0.25) is 9.89 Å². The van der Waals surface area contributed by atoms with Gasteiger partial charge in [-0.2, -0.15) is 5.10 Å². The van der Waals surface area contributed by atoms with E-state index in [9.17, 15) is 4.79 Å². The summed E-state index contributed by atoms with van der Waals surface area (Å²) in [5.74, 6) is 0.0393. The molecule has 3 heterocycles. The van der Waals surface area contributed by atoms with Crippen LogP contribution in [0.1, 0.15) is 40.2 Å². The van der Waals surface area contributed by atoms with E-state index in [4.69, 9.17) is 0 Å². The maximum atomic E-state index is 13.1. The average Bonchev–Trinajstić information content (AvgIpc) is 3.09. The monoisotopic (exact) mass is 294 g/mol. The summed E-state index contributed by atoms with van der Waals surface area (Å²) in [6.45, 7) is 2.48. The Morgan fingerprint density at radius 3 is 3.00 bits per heavy atom. The number of aromatic nitrogens is 2. The maximum absolute atomic E-state index is 13.1. The van der Waals surface area contributed by atoms with Crippen molar-refractivity contribution >= 4 is 11.6 Å². The molecule has 1 spiro atoms. The van der Waals surface area contributed by atoms with E-state index in [2.05, 4.69) is 33.7 Å². The molecule has 1 saturated carbocycles. The summed E-state index contributed by atoms with van der Waals surface area (Å²) >= 11 is 0. The lowest BCUT2D eigenvalue weighted by molar-refractivity contribution is 0.0981. The Morgan fingerprint density at radius 2 is 2.14 bits per heavy atom. The van der Waals surface area contributed by atoms with Crippen LogP contribution in [0.15, 0.2) is 24.3 Å². The van der Waals surface area contributed by atoms with Crippen LogP contribution in [0, 0.1) is 0 Å². The zero-order valence-electron chi connectivity index (χ0n) is 12.4. The number of benzene rings is 1. The van der Waals surface area contributed by atoms with E-state index in [0.717, 1.165) is 43.0 Å². The second kappa shape index (κ2) is 4.20. The number of para-hydroxylation sites is 1. The first kappa shape index (κ1) is 12.4. The van der Waals surface area contributed by atoms with Crippen LogP contribution in [0.4, 0.5) is 5.69 Å². The van der Waals surface area contributed by atoms with Crippen molar-refractivity contribution in [3.8, 4) is 0 Å². The van der Waals surface area contributed by atoms with E-state index >= 15 is 0 Å². The highest BCUT2D eigenvalue weighted by molar-refractivity contribution is 6.07. The Morgan fingerprint density at radius 1 is 1.27 bits per heavy atom. The van der Waals surface area contributed by atoms with Gasteiger partial charge in [-0.05, 0) is 24.5 Å². The maximum Gasteiger partial charge on any atom is 0.279 e. The fourth-order valence-corrected chi connectivity index (χ4v) is 3.92. The quantitative estimate of drug-likeness (QED) is 0.842. The van der Waals surface area contributed by atoms with Crippen molar-refractivity contribution in [3.63, 3.8) is 0 Å². The minimum absolute atomic E-state index is 0.0393. The van der Waals surface area contributed by atoms with Gasteiger partial charge in [0, 0.05) is 48.4 Å². The fraction of sp³-hybridized carbons (Fsp3) is 0.412. The van der Waals surface area contributed by atoms with Gasteiger partial charge in [-0.1, -0.05) is 18.2 Å². The van der Waals surface area contributed by atoms with Crippen LogP contribution in [0.5, 0.6) is 0 Å². The highest BCUT2D eigenvalue weighted by Crippen LogP contribution is 2.56. The largest absolute Gasteiger partial charge is 0.312 e. The zero-order valence-corrected chi connectivity index (χ0v) is 12.4. The number of hydrogen-bond acceptors (Lipinski definition) is 3. The van der Waals surface area contributed by atoms with Gasteiger partial charge in [0.05, 0.1) is 0 Å². The van der Waals surface area contributed by atoms with Crippen LogP contribution in [0.2, 0.25) is 0 Å². The van der Waals surface area contributed by atoms with Gasteiger partial charge in [-0.15, -0.1) is 0 Å². The summed E-state index contributed by atoms with van der Waals surface area (Å²) in [6, 6.07) is 8.34. The molecule has 1 aromatic carbocycles. The fourth-order valence-electron chi connectivity index (χ4n) is 3.92. The normalized spacial score (nSPS) is 20.8. The van der Waals surface area contributed by atoms with Crippen LogP contribution in [0.25, 0.3) is 0 Å². The molecule has 0 radical (unpaired) electrons. The summed E-state index contributed by atoms with van der Waals surface area (Å²) in [5.41, 5.74) is 5.38. The first-order valence-electron chi connectivity index (χ1n) is 7.97. The molecule has 5 nitrogen and oxygen atoms in total. The van der Waals surface area contributed by atoms with E-state index in [1.54, 1.807) is 0 Å². The second-order valence-corrected chi connectivity index (χ2v) is 6.64. The number of amides is 1. The molecule has 5 rings (SSSR count). The Labute approximate surface area is 128 Å². The lowest BCUT2D eigenvalue weighted by atomic mass is 9.99. The van der Waals surface area contributed by atoms with Crippen LogP contribution < -0.4 is 10.2 Å². The van der Waals surface area contributed by atoms with Gasteiger partial charge in [0.15, 0.2) is 5.69 Å². The standard InChI is InChI=1S/C17H18N4O/c22-16(15-11-9-18-8-5-13(11)19-20-15)21-10-17(6-7-17)12-3-1-2-4-14(12)21/h1-4,18H,5-10H2,(H,19,20). The number of nitrogens with zero attached hydrogens (tertiary/aromatic N) is 2. The average molecular weight is 294 g/mol. The summed E-state index contributed by atoms with van der Waals surface area (Å²) in [7, 11) is 0. The van der Waals surface area contributed by atoms with Crippen LogP contribution >= 0.6 is 0 Å². The lowest BCUT2D eigenvalue weighted by Crippen LogP contribution is -2.33. The molecule has 1 fully saturated rings. The molecule has 0 saturated heterocycles. The summed E-state index contributed by atoms with van der Waals surface area (Å²) in [6.07, 6.45) is 3.29. The first-order chi connectivity index (χ1) is 10.8. The van der Waals surface area contributed by atoms with Crippen molar-refractivity contribution in [2.24, 2.45) is 0 Å². The third-order valence-electron chi connectivity index (χ3n) is 5.33. The minimum Gasteiger partial charge on any atom is -0.312 e. The Balaban J connectivity index is 1.56. The van der Waals surface area contributed by atoms with Gasteiger partial charge in [0.1, 0.15) is 0 Å². The molecule has 112 valence electrons. The van der Waals surface area contributed by atoms with E-state index in [1.165, 1.54) is 18.4 Å². The lowest BCUT2D eigenvalue weighted by Gasteiger charge is -2.18. The highest BCUT2D eigenvalue weighted by Gasteiger charge is 2.53. The van der Waals surface area contributed by atoms with E-state index in [1.807, 2.05) is 11.0 Å². The van der Waals surface area contributed by atoms with Gasteiger partial charge in [0.25, 0.3) is 5.91 Å². The zero-order chi connectivity index (χ0) is 14.7. The predicted octanol–water partition coefficient (Wildman–Crippen LogP) is 1.75. The Hall–Kier alpha value is -2.14. The predicted molar refractivity (Wildman–Crippen MR) is 83.0 cm³/mol. The number of fused-ring (bicyclic) bond motifs is 3. The number of hydrogen-bond donors (Lipinski definition) is 2. The number of carbonyl (C=O) groups is 1. The van der Waals surface area contributed by atoms with Crippen molar-refractivity contribution in [1.29, 1.82) is 0 Å². The number of anilines is 1. The number of H-pyrrole nitrogens is 1. The summed E-state index contributed by atoms with van der Waals surface area (Å²) in [4.78, 5) is 15.0. The third-order valence-corrected chi connectivity index (χ3v) is 5.33. The Bertz CT molecular complexity index is 775. The molecule has 1 aliphatic carbocycles. The van der Waals surface area contributed by atoms with E-state index in [0.29, 0.717) is 5.69 Å². The molecule has 0 unspecified atom stereocenters. The van der Waals surface area contributed by atoms with Gasteiger partial charge >= 0.3 is 0 Å². The van der Waals surface area contributed by atoms with Crippen LogP contribution in [0.3, 0.4) is 0 Å². The molecule has 1 aromatic heterocycles. The molecular formula is C17H18N4O. The molecule has 2 N–H and O–H groups in total. The SMILES string of the molecule is O=C(c1n[nH]c2c1CNCC2)N1CC2(CC2)c2ccccc21. The van der Waals surface area contributed by atoms with Crippen LogP contribution in [-0.2, 0) is 18.4 Å². The van der Waals surface area contributed by atoms with Gasteiger partial charge < -0.3 is 10.2 Å². The van der Waals surface area contributed by atoms with E-state index in [-0.39, 0.29) is 11.3 Å². The summed E-state index contributed by atoms with van der Waals surface area (Å²) in [5, 5.41) is 10.7. The van der Waals surface area contributed by atoms with Crippen molar-refractivity contribution in [2.45, 2.75) is 31.2 Å². The molecule has 3 aliphatic rings.